The van der Waals surface area contributed by atoms with Gasteiger partial charge in [-0.1, -0.05) is 32.0 Å². The van der Waals surface area contributed by atoms with Gasteiger partial charge < -0.3 is 42.6 Å². The van der Waals surface area contributed by atoms with Gasteiger partial charge in [-0.25, -0.2) is 4.79 Å². The number of carbonyl (C=O) groups is 5. The maximum atomic E-state index is 13.3. The van der Waals surface area contributed by atoms with Crippen molar-refractivity contribution in [3.05, 3.63) is 36.0 Å². The third kappa shape index (κ3) is 8.58. The lowest BCUT2D eigenvalue weighted by molar-refractivity contribution is -0.143. The van der Waals surface area contributed by atoms with Gasteiger partial charge in [-0.05, 0) is 24.0 Å². The molecule has 0 fully saturated rings. The zero-order valence-corrected chi connectivity index (χ0v) is 20.7. The van der Waals surface area contributed by atoms with Crippen molar-refractivity contribution in [2.75, 3.05) is 6.61 Å². The van der Waals surface area contributed by atoms with Gasteiger partial charge in [0.1, 0.15) is 24.2 Å². The number of carbonyl (C=O) groups excluding carboxylic acids is 4. The summed E-state index contributed by atoms with van der Waals surface area (Å²) in [4.78, 5) is 64.8. The number of aliphatic carboxylic acids is 1. The minimum Gasteiger partial charge on any atom is -0.480 e. The number of aromatic amines is 1. The second kappa shape index (κ2) is 13.4. The average Bonchev–Trinajstić information content (AvgIpc) is 3.24. The maximum Gasteiger partial charge on any atom is 0.326 e. The number of aliphatic hydroxyl groups excluding tert-OH is 1. The quantitative estimate of drug-likeness (QED) is 0.146. The lowest BCUT2D eigenvalue weighted by Crippen LogP contribution is -2.58. The maximum absolute atomic E-state index is 13.3. The SMILES string of the molecule is CC(C)CC(NC(=O)C(CC(N)=O)NC(=O)C(Cc1c[nH]c2ccccc12)NC(=O)C(N)CO)C(=O)O. The van der Waals surface area contributed by atoms with Gasteiger partial charge in [0.05, 0.1) is 13.0 Å². The molecule has 1 heterocycles. The van der Waals surface area contributed by atoms with Crippen LogP contribution in [0.25, 0.3) is 10.9 Å². The molecule has 0 bridgehead atoms. The zero-order valence-electron chi connectivity index (χ0n) is 20.7. The number of aliphatic hydroxyl groups is 1. The lowest BCUT2D eigenvalue weighted by Gasteiger charge is -2.25. The van der Waals surface area contributed by atoms with E-state index < -0.39 is 66.8 Å². The summed E-state index contributed by atoms with van der Waals surface area (Å²) < 4.78 is 0. The fraction of sp³-hybridized carbons (Fsp3) is 0.458. The first-order chi connectivity index (χ1) is 17.4. The molecule has 202 valence electrons. The van der Waals surface area contributed by atoms with Gasteiger partial charge in [-0.2, -0.15) is 0 Å². The molecule has 4 amide bonds. The summed E-state index contributed by atoms with van der Waals surface area (Å²) in [6, 6.07) is 1.99. The van der Waals surface area contributed by atoms with Crippen LogP contribution in [-0.4, -0.2) is 75.6 Å². The standard InChI is InChI=1S/C24H34N6O7/c1-12(2)7-19(24(36)37)30-23(35)18(9-20(26)32)29-22(34)17(28-21(33)15(25)11-31)8-13-10-27-16-6-4-3-5-14(13)16/h3-6,10,12,15,17-19,27,31H,7-9,11,25H2,1-2H3,(H2,26,32)(H,28,33)(H,29,34)(H,30,35)(H,36,37). The first kappa shape index (κ1) is 29.3. The zero-order chi connectivity index (χ0) is 27.7. The molecule has 4 atom stereocenters. The van der Waals surface area contributed by atoms with E-state index in [-0.39, 0.29) is 18.8 Å². The van der Waals surface area contributed by atoms with Crippen LogP contribution in [0.4, 0.5) is 0 Å². The molecule has 0 aliphatic carbocycles. The summed E-state index contributed by atoms with van der Waals surface area (Å²) in [5.74, 6) is -4.78. The van der Waals surface area contributed by atoms with Crippen LogP contribution in [0, 0.1) is 5.92 Å². The Hall–Kier alpha value is -3.97. The van der Waals surface area contributed by atoms with Crippen molar-refractivity contribution in [1.29, 1.82) is 0 Å². The van der Waals surface area contributed by atoms with E-state index in [0.717, 1.165) is 10.9 Å². The van der Waals surface area contributed by atoms with Gasteiger partial charge in [-0.15, -0.1) is 0 Å². The van der Waals surface area contributed by atoms with E-state index in [0.29, 0.717) is 5.56 Å². The highest BCUT2D eigenvalue weighted by Crippen LogP contribution is 2.19. The Morgan fingerprint density at radius 1 is 0.946 bits per heavy atom. The summed E-state index contributed by atoms with van der Waals surface area (Å²) in [5.41, 5.74) is 12.3. The molecule has 1 aromatic carbocycles. The van der Waals surface area contributed by atoms with Crippen LogP contribution >= 0.6 is 0 Å². The normalized spacial score (nSPS) is 14.4. The summed E-state index contributed by atoms with van der Waals surface area (Å²) in [6.07, 6.45) is 1.17. The van der Waals surface area contributed by atoms with E-state index in [1.54, 1.807) is 26.1 Å². The third-order valence-corrected chi connectivity index (χ3v) is 5.63. The lowest BCUT2D eigenvalue weighted by atomic mass is 10.0. The number of fused-ring (bicyclic) bond motifs is 1. The van der Waals surface area contributed by atoms with E-state index in [9.17, 15) is 34.2 Å². The number of para-hydroxylation sites is 1. The highest BCUT2D eigenvalue weighted by Gasteiger charge is 2.32. The molecule has 2 rings (SSSR count). The Morgan fingerprint density at radius 3 is 2.14 bits per heavy atom. The van der Waals surface area contributed by atoms with Gasteiger partial charge in [0.15, 0.2) is 0 Å². The molecule has 0 aliphatic heterocycles. The fourth-order valence-corrected chi connectivity index (χ4v) is 3.74. The van der Waals surface area contributed by atoms with Gasteiger partial charge in [-0.3, -0.25) is 19.2 Å². The van der Waals surface area contributed by atoms with Crippen molar-refractivity contribution in [3.63, 3.8) is 0 Å². The summed E-state index contributed by atoms with van der Waals surface area (Å²) >= 11 is 0. The van der Waals surface area contributed by atoms with Crippen LogP contribution in [0.2, 0.25) is 0 Å². The summed E-state index contributed by atoms with van der Waals surface area (Å²) in [7, 11) is 0. The summed E-state index contributed by atoms with van der Waals surface area (Å²) in [5, 5.41) is 26.6. The Kier molecular flexibility index (Phi) is 10.6. The van der Waals surface area contributed by atoms with Gasteiger partial charge in [0.2, 0.25) is 23.6 Å². The molecule has 0 saturated carbocycles. The molecule has 0 saturated heterocycles. The number of nitrogens with one attached hydrogen (secondary N) is 4. The molecular formula is C24H34N6O7. The number of primary amides is 1. The highest BCUT2D eigenvalue weighted by molar-refractivity contribution is 5.96. The van der Waals surface area contributed by atoms with Crippen molar-refractivity contribution >= 4 is 40.5 Å². The fourth-order valence-electron chi connectivity index (χ4n) is 3.74. The number of hydrogen-bond donors (Lipinski definition) is 8. The van der Waals surface area contributed by atoms with Crippen LogP contribution < -0.4 is 27.4 Å². The molecule has 13 heteroatoms. The minimum atomic E-state index is -1.49. The number of H-pyrrole nitrogens is 1. The average molecular weight is 519 g/mol. The molecule has 0 spiro atoms. The predicted molar refractivity (Wildman–Crippen MR) is 134 cm³/mol. The molecule has 0 aliphatic rings. The molecule has 2 aromatic rings. The Labute approximate surface area is 213 Å². The van der Waals surface area contributed by atoms with Gasteiger partial charge >= 0.3 is 5.97 Å². The number of hydrogen-bond acceptors (Lipinski definition) is 7. The van der Waals surface area contributed by atoms with Crippen molar-refractivity contribution in [2.24, 2.45) is 17.4 Å². The van der Waals surface area contributed by atoms with Crippen molar-refractivity contribution in [2.45, 2.75) is 57.3 Å². The van der Waals surface area contributed by atoms with Gasteiger partial charge in [0, 0.05) is 23.5 Å². The Bertz CT molecular complexity index is 1130. The number of carboxylic acid groups (broad SMARTS) is 1. The Balaban J connectivity index is 2.29. The van der Waals surface area contributed by atoms with Crippen molar-refractivity contribution in [1.82, 2.24) is 20.9 Å². The number of nitrogens with two attached hydrogens (primary N) is 2. The van der Waals surface area contributed by atoms with E-state index >= 15 is 0 Å². The molecule has 1 aromatic heterocycles. The van der Waals surface area contributed by atoms with Crippen LogP contribution in [0.1, 0.15) is 32.3 Å². The molecule has 37 heavy (non-hydrogen) atoms. The predicted octanol–water partition coefficient (Wildman–Crippen LogP) is -1.51. The molecule has 0 radical (unpaired) electrons. The first-order valence-electron chi connectivity index (χ1n) is 11.8. The van der Waals surface area contributed by atoms with E-state index in [1.807, 2.05) is 18.2 Å². The van der Waals surface area contributed by atoms with Gasteiger partial charge in [0.25, 0.3) is 0 Å². The van der Waals surface area contributed by atoms with Crippen LogP contribution in [0.5, 0.6) is 0 Å². The number of benzene rings is 1. The minimum absolute atomic E-state index is 0.0181. The number of aromatic nitrogens is 1. The third-order valence-electron chi connectivity index (χ3n) is 5.63. The molecular weight excluding hydrogens is 484 g/mol. The smallest absolute Gasteiger partial charge is 0.326 e. The van der Waals surface area contributed by atoms with Crippen LogP contribution in [-0.2, 0) is 30.4 Å². The van der Waals surface area contributed by atoms with E-state index in [4.69, 9.17) is 11.5 Å². The second-order valence-corrected chi connectivity index (χ2v) is 9.17. The summed E-state index contributed by atoms with van der Waals surface area (Å²) in [6.45, 7) is 2.89. The Morgan fingerprint density at radius 2 is 1.54 bits per heavy atom. The van der Waals surface area contributed by atoms with E-state index in [2.05, 4.69) is 20.9 Å². The number of amides is 4. The van der Waals surface area contributed by atoms with Crippen molar-refractivity contribution < 1.29 is 34.2 Å². The number of carboxylic acids is 1. The topological polar surface area (TPSA) is 230 Å². The number of rotatable bonds is 14. The van der Waals surface area contributed by atoms with Crippen molar-refractivity contribution in [3.8, 4) is 0 Å². The van der Waals surface area contributed by atoms with E-state index in [1.165, 1.54) is 0 Å². The van der Waals surface area contributed by atoms with Crippen LogP contribution in [0.15, 0.2) is 30.5 Å². The van der Waals surface area contributed by atoms with Crippen LogP contribution in [0.3, 0.4) is 0 Å². The molecule has 10 N–H and O–H groups in total. The molecule has 13 nitrogen and oxygen atoms in total. The monoisotopic (exact) mass is 518 g/mol. The second-order valence-electron chi connectivity index (χ2n) is 9.17. The molecule has 4 unspecified atom stereocenters. The largest absolute Gasteiger partial charge is 0.480 e. The first-order valence-corrected chi connectivity index (χ1v) is 11.8. The highest BCUT2D eigenvalue weighted by atomic mass is 16.4.